The van der Waals surface area contributed by atoms with Crippen LogP contribution in [0.15, 0.2) is 6.07 Å². The third-order valence-corrected chi connectivity index (χ3v) is 2.21. The first-order valence-electron chi connectivity index (χ1n) is 4.27. The number of rotatable bonds is 3. The highest BCUT2D eigenvalue weighted by atomic mass is 35.5. The number of aromatic nitrogens is 1. The van der Waals surface area contributed by atoms with E-state index in [0.717, 1.165) is 0 Å². The normalized spacial score (nSPS) is 9.88. The molecule has 1 aromatic heterocycles. The van der Waals surface area contributed by atoms with E-state index in [0.29, 0.717) is 0 Å². The Hall–Kier alpha value is -1.72. The smallest absolute Gasteiger partial charge is 0.240 e. The van der Waals surface area contributed by atoms with Gasteiger partial charge in [-0.1, -0.05) is 0 Å². The topological polar surface area (TPSA) is 60.5 Å². The maximum absolute atomic E-state index is 12.7. The summed E-state index contributed by atoms with van der Waals surface area (Å²) in [7, 11) is 0. The van der Waals surface area contributed by atoms with Gasteiger partial charge in [-0.05, 0) is 11.6 Å². The molecule has 0 saturated carbocycles. The summed E-state index contributed by atoms with van der Waals surface area (Å²) in [6, 6.07) is 4.71. The van der Waals surface area contributed by atoms with Crippen LogP contribution in [-0.4, -0.2) is 4.98 Å². The van der Waals surface area contributed by atoms with Gasteiger partial charge >= 0.3 is 0 Å². The van der Waals surface area contributed by atoms with E-state index < -0.39 is 6.43 Å². The number of alkyl halides is 3. The lowest BCUT2D eigenvalue weighted by molar-refractivity contribution is 0.149. The summed E-state index contributed by atoms with van der Waals surface area (Å²) in [5, 5.41) is 17.2. The van der Waals surface area contributed by atoms with Crippen molar-refractivity contribution in [2.45, 2.75) is 18.7 Å². The van der Waals surface area contributed by atoms with Crippen LogP contribution in [-0.2, 0) is 12.3 Å². The quantitative estimate of drug-likeness (QED) is 0.765. The standard InChI is InChI=1S/C10H6ClF2N3/c11-4-8-9(10(12)13)6(1-2-14)3-7(5-15)16-8/h3,10H,1,4H2. The van der Waals surface area contributed by atoms with E-state index in [2.05, 4.69) is 4.98 Å². The summed E-state index contributed by atoms with van der Waals surface area (Å²) in [6.45, 7) is 0. The Morgan fingerprint density at radius 3 is 2.56 bits per heavy atom. The zero-order chi connectivity index (χ0) is 12.1. The van der Waals surface area contributed by atoms with Gasteiger partial charge in [0, 0.05) is 5.56 Å². The molecule has 0 spiro atoms. The van der Waals surface area contributed by atoms with Crippen LogP contribution in [0.1, 0.15) is 28.9 Å². The van der Waals surface area contributed by atoms with Crippen LogP contribution in [0.5, 0.6) is 0 Å². The van der Waals surface area contributed by atoms with Gasteiger partial charge in [-0.25, -0.2) is 13.8 Å². The first kappa shape index (κ1) is 12.4. The first-order valence-corrected chi connectivity index (χ1v) is 4.81. The fraction of sp³-hybridized carbons (Fsp3) is 0.300. The molecule has 0 N–H and O–H groups in total. The number of hydrogen-bond donors (Lipinski definition) is 0. The number of hydrogen-bond acceptors (Lipinski definition) is 3. The van der Waals surface area contributed by atoms with Crippen molar-refractivity contribution in [3.8, 4) is 12.1 Å². The Morgan fingerprint density at radius 2 is 2.12 bits per heavy atom. The Balaban J connectivity index is 3.43. The highest BCUT2D eigenvalue weighted by molar-refractivity contribution is 6.17. The van der Waals surface area contributed by atoms with E-state index in [1.54, 1.807) is 12.1 Å². The van der Waals surface area contributed by atoms with E-state index in [1.165, 1.54) is 6.07 Å². The predicted octanol–water partition coefficient (Wildman–Crippen LogP) is 2.70. The summed E-state index contributed by atoms with van der Waals surface area (Å²) in [6.07, 6.45) is -2.95. The van der Waals surface area contributed by atoms with E-state index in [4.69, 9.17) is 22.1 Å². The van der Waals surface area contributed by atoms with Gasteiger partial charge in [0.05, 0.1) is 24.1 Å². The molecule has 1 rings (SSSR count). The summed E-state index contributed by atoms with van der Waals surface area (Å²) in [5.41, 5.74) is -0.276. The molecule has 0 aliphatic carbocycles. The summed E-state index contributed by atoms with van der Waals surface area (Å²) < 4.78 is 25.5. The van der Waals surface area contributed by atoms with E-state index in [-0.39, 0.29) is 34.8 Å². The minimum atomic E-state index is -2.75. The van der Waals surface area contributed by atoms with Crippen molar-refractivity contribution in [3.05, 3.63) is 28.6 Å². The van der Waals surface area contributed by atoms with Crippen molar-refractivity contribution < 1.29 is 8.78 Å². The first-order chi connectivity index (χ1) is 7.63. The van der Waals surface area contributed by atoms with Gasteiger partial charge in [-0.3, -0.25) is 0 Å². The molecule has 6 heteroatoms. The lowest BCUT2D eigenvalue weighted by Gasteiger charge is -2.10. The van der Waals surface area contributed by atoms with Crippen molar-refractivity contribution in [3.63, 3.8) is 0 Å². The number of nitriles is 2. The molecule has 0 fully saturated rings. The SMILES string of the molecule is N#CCc1cc(C#N)nc(CCl)c1C(F)F. The molecule has 0 bridgehead atoms. The van der Waals surface area contributed by atoms with E-state index >= 15 is 0 Å². The van der Waals surface area contributed by atoms with Crippen molar-refractivity contribution in [1.82, 2.24) is 4.98 Å². The maximum atomic E-state index is 12.7. The second-order valence-corrected chi connectivity index (χ2v) is 3.18. The fourth-order valence-electron chi connectivity index (χ4n) is 1.32. The molecule has 1 aromatic rings. The van der Waals surface area contributed by atoms with Gasteiger partial charge in [0.1, 0.15) is 11.8 Å². The van der Waals surface area contributed by atoms with Crippen LogP contribution in [0.2, 0.25) is 0 Å². The van der Waals surface area contributed by atoms with Gasteiger partial charge in [0.15, 0.2) is 0 Å². The number of nitrogens with zero attached hydrogens (tertiary/aromatic N) is 3. The fourth-order valence-corrected chi connectivity index (χ4v) is 1.53. The molecule has 0 unspecified atom stereocenters. The predicted molar refractivity (Wildman–Crippen MR) is 52.8 cm³/mol. The van der Waals surface area contributed by atoms with Crippen LogP contribution in [0, 0.1) is 22.7 Å². The van der Waals surface area contributed by atoms with Gasteiger partial charge in [-0.2, -0.15) is 10.5 Å². The molecule has 1 heterocycles. The Labute approximate surface area is 95.9 Å². The van der Waals surface area contributed by atoms with Gasteiger partial charge < -0.3 is 0 Å². The monoisotopic (exact) mass is 241 g/mol. The highest BCUT2D eigenvalue weighted by Crippen LogP contribution is 2.27. The third-order valence-electron chi connectivity index (χ3n) is 1.95. The molecule has 16 heavy (non-hydrogen) atoms. The molecule has 0 aromatic carbocycles. The number of pyridine rings is 1. The summed E-state index contributed by atoms with van der Waals surface area (Å²) in [5.74, 6) is -0.215. The van der Waals surface area contributed by atoms with Crippen molar-refractivity contribution in [2.24, 2.45) is 0 Å². The molecular formula is C10H6ClF2N3. The largest absolute Gasteiger partial charge is 0.265 e. The molecule has 0 amide bonds. The molecule has 82 valence electrons. The second kappa shape index (κ2) is 5.39. The molecule has 0 radical (unpaired) electrons. The summed E-state index contributed by atoms with van der Waals surface area (Å²) in [4.78, 5) is 3.69. The Kier molecular flexibility index (Phi) is 4.16. The average molecular weight is 242 g/mol. The summed E-state index contributed by atoms with van der Waals surface area (Å²) >= 11 is 5.49. The van der Waals surface area contributed by atoms with E-state index in [9.17, 15) is 8.78 Å². The van der Waals surface area contributed by atoms with Crippen LogP contribution in [0.25, 0.3) is 0 Å². The van der Waals surface area contributed by atoms with Crippen molar-refractivity contribution >= 4 is 11.6 Å². The van der Waals surface area contributed by atoms with Crippen molar-refractivity contribution in [2.75, 3.05) is 0 Å². The second-order valence-electron chi connectivity index (χ2n) is 2.91. The van der Waals surface area contributed by atoms with Crippen molar-refractivity contribution in [1.29, 1.82) is 10.5 Å². The molecule has 3 nitrogen and oxygen atoms in total. The maximum Gasteiger partial charge on any atom is 0.265 e. The minimum Gasteiger partial charge on any atom is -0.240 e. The zero-order valence-corrected chi connectivity index (χ0v) is 8.80. The molecular weight excluding hydrogens is 236 g/mol. The van der Waals surface area contributed by atoms with Gasteiger partial charge in [0.2, 0.25) is 0 Å². The van der Waals surface area contributed by atoms with Crippen LogP contribution in [0.4, 0.5) is 8.78 Å². The zero-order valence-electron chi connectivity index (χ0n) is 8.04. The Bertz CT molecular complexity index is 474. The van der Waals surface area contributed by atoms with Crippen LogP contribution < -0.4 is 0 Å². The lowest BCUT2D eigenvalue weighted by Crippen LogP contribution is -2.04. The van der Waals surface area contributed by atoms with Crippen LogP contribution >= 0.6 is 11.6 Å². The minimum absolute atomic E-state index is 0.00898. The highest BCUT2D eigenvalue weighted by Gasteiger charge is 2.19. The third kappa shape index (κ3) is 2.44. The van der Waals surface area contributed by atoms with Gasteiger partial charge in [0.25, 0.3) is 6.43 Å². The number of halogens is 3. The molecule has 0 atom stereocenters. The molecule has 0 saturated heterocycles. The Morgan fingerprint density at radius 1 is 1.44 bits per heavy atom. The average Bonchev–Trinajstić information content (AvgIpc) is 2.27. The van der Waals surface area contributed by atoms with E-state index in [1.807, 2.05) is 0 Å². The lowest BCUT2D eigenvalue weighted by atomic mass is 10.0. The van der Waals surface area contributed by atoms with Crippen LogP contribution in [0.3, 0.4) is 0 Å². The molecule has 0 aliphatic rings. The van der Waals surface area contributed by atoms with Gasteiger partial charge in [-0.15, -0.1) is 11.6 Å². The molecule has 0 aliphatic heterocycles.